The maximum atomic E-state index is 13.5. The van der Waals surface area contributed by atoms with Crippen LogP contribution in [0, 0.1) is 5.82 Å². The lowest BCUT2D eigenvalue weighted by molar-refractivity contribution is 0.0696. The molecule has 3 rings (SSSR count). The van der Waals surface area contributed by atoms with Gasteiger partial charge >= 0.3 is 5.97 Å². The summed E-state index contributed by atoms with van der Waals surface area (Å²) in [4.78, 5) is 13.1. The largest absolute Gasteiger partial charge is 0.487 e. The van der Waals surface area contributed by atoms with Crippen molar-refractivity contribution in [3.05, 3.63) is 59.4 Å². The van der Waals surface area contributed by atoms with Gasteiger partial charge in [-0.05, 0) is 36.8 Å². The number of rotatable bonds is 3. The number of aromatic carboxylic acids is 1. The van der Waals surface area contributed by atoms with Crippen LogP contribution in [0.15, 0.2) is 42.5 Å². The quantitative estimate of drug-likeness (QED) is 0.945. The molecule has 0 saturated heterocycles. The molecule has 1 unspecified atom stereocenters. The zero-order valence-corrected chi connectivity index (χ0v) is 12.1. The minimum atomic E-state index is -0.955. The Bertz CT molecular complexity index is 717. The molecule has 0 aliphatic carbocycles. The first-order valence-electron chi connectivity index (χ1n) is 7.06. The second kappa shape index (κ2) is 5.67. The molecule has 0 bridgehead atoms. The van der Waals surface area contributed by atoms with Gasteiger partial charge < -0.3 is 14.7 Å². The van der Waals surface area contributed by atoms with Gasteiger partial charge in [-0.1, -0.05) is 12.1 Å². The van der Waals surface area contributed by atoms with E-state index in [0.717, 1.165) is 5.56 Å². The summed E-state index contributed by atoms with van der Waals surface area (Å²) < 4.78 is 19.2. The van der Waals surface area contributed by atoms with Gasteiger partial charge in [0.1, 0.15) is 17.7 Å². The number of hydrogen-bond donors (Lipinski definition) is 1. The first-order valence-corrected chi connectivity index (χ1v) is 7.06. The standard InChI is InChI=1S/C17H16FNO3/c1-11-9-19(15-8-14(18)5-6-16(15)22-11)10-12-3-2-4-13(7-12)17(20)21/h2-8,11H,9-10H2,1H3,(H,20,21). The minimum absolute atomic E-state index is 0.0133. The van der Waals surface area contributed by atoms with Gasteiger partial charge in [0.05, 0.1) is 17.8 Å². The van der Waals surface area contributed by atoms with Gasteiger partial charge in [-0.3, -0.25) is 0 Å². The smallest absolute Gasteiger partial charge is 0.335 e. The van der Waals surface area contributed by atoms with E-state index in [0.29, 0.717) is 24.5 Å². The number of nitrogens with zero attached hydrogens (tertiary/aromatic N) is 1. The summed E-state index contributed by atoms with van der Waals surface area (Å²) in [5.74, 6) is -0.626. The molecule has 2 aromatic carbocycles. The van der Waals surface area contributed by atoms with E-state index in [1.807, 2.05) is 17.9 Å². The van der Waals surface area contributed by atoms with E-state index < -0.39 is 5.97 Å². The van der Waals surface area contributed by atoms with Gasteiger partial charge in [0.2, 0.25) is 0 Å². The molecule has 22 heavy (non-hydrogen) atoms. The summed E-state index contributed by atoms with van der Waals surface area (Å²) in [7, 11) is 0. The topological polar surface area (TPSA) is 49.8 Å². The summed E-state index contributed by atoms with van der Waals surface area (Å²) in [5, 5.41) is 9.07. The number of fused-ring (bicyclic) bond motifs is 1. The van der Waals surface area contributed by atoms with Crippen molar-refractivity contribution in [2.75, 3.05) is 11.4 Å². The lowest BCUT2D eigenvalue weighted by atomic mass is 10.1. The average molecular weight is 301 g/mol. The van der Waals surface area contributed by atoms with E-state index in [2.05, 4.69) is 0 Å². The Morgan fingerprint density at radius 1 is 1.36 bits per heavy atom. The molecular weight excluding hydrogens is 285 g/mol. The van der Waals surface area contributed by atoms with Gasteiger partial charge in [0.25, 0.3) is 0 Å². The van der Waals surface area contributed by atoms with Crippen molar-refractivity contribution < 1.29 is 19.0 Å². The molecule has 5 heteroatoms. The lowest BCUT2D eigenvalue weighted by Gasteiger charge is -2.35. The number of benzene rings is 2. The third-order valence-electron chi connectivity index (χ3n) is 3.61. The van der Waals surface area contributed by atoms with E-state index in [-0.39, 0.29) is 17.5 Å². The predicted molar refractivity (Wildman–Crippen MR) is 80.9 cm³/mol. The third kappa shape index (κ3) is 2.88. The highest BCUT2D eigenvalue weighted by Crippen LogP contribution is 2.34. The third-order valence-corrected chi connectivity index (χ3v) is 3.61. The average Bonchev–Trinajstić information content (AvgIpc) is 2.48. The minimum Gasteiger partial charge on any atom is -0.487 e. The molecule has 1 aliphatic rings. The van der Waals surface area contributed by atoms with Crippen LogP contribution in [0.4, 0.5) is 10.1 Å². The molecule has 1 aliphatic heterocycles. The summed E-state index contributed by atoms with van der Waals surface area (Å²) >= 11 is 0. The fraction of sp³-hybridized carbons (Fsp3) is 0.235. The van der Waals surface area contributed by atoms with Crippen molar-refractivity contribution in [3.8, 4) is 5.75 Å². The van der Waals surface area contributed by atoms with Crippen molar-refractivity contribution in [1.82, 2.24) is 0 Å². The monoisotopic (exact) mass is 301 g/mol. The van der Waals surface area contributed by atoms with Crippen molar-refractivity contribution in [2.24, 2.45) is 0 Å². The Kier molecular flexibility index (Phi) is 3.71. The van der Waals surface area contributed by atoms with Gasteiger partial charge in [-0.15, -0.1) is 0 Å². The van der Waals surface area contributed by atoms with Gasteiger partial charge in [0.15, 0.2) is 0 Å². The van der Waals surface area contributed by atoms with Gasteiger partial charge in [0, 0.05) is 12.6 Å². The predicted octanol–water partition coefficient (Wildman–Crippen LogP) is 3.31. The van der Waals surface area contributed by atoms with E-state index in [4.69, 9.17) is 9.84 Å². The molecule has 1 heterocycles. The van der Waals surface area contributed by atoms with Crippen molar-refractivity contribution in [2.45, 2.75) is 19.6 Å². The molecule has 0 aromatic heterocycles. The molecular formula is C17H16FNO3. The van der Waals surface area contributed by atoms with Crippen molar-refractivity contribution in [3.63, 3.8) is 0 Å². The van der Waals surface area contributed by atoms with Crippen LogP contribution < -0.4 is 9.64 Å². The van der Waals surface area contributed by atoms with Crippen LogP contribution in [-0.2, 0) is 6.54 Å². The van der Waals surface area contributed by atoms with Gasteiger partial charge in [-0.2, -0.15) is 0 Å². The van der Waals surface area contributed by atoms with E-state index in [1.54, 1.807) is 24.3 Å². The zero-order chi connectivity index (χ0) is 15.7. The molecule has 1 atom stereocenters. The first kappa shape index (κ1) is 14.4. The zero-order valence-electron chi connectivity index (χ0n) is 12.1. The number of carbonyl (C=O) groups is 1. The summed E-state index contributed by atoms with van der Waals surface area (Å²) in [6, 6.07) is 11.2. The van der Waals surface area contributed by atoms with Crippen LogP contribution in [0.25, 0.3) is 0 Å². The highest BCUT2D eigenvalue weighted by atomic mass is 19.1. The highest BCUT2D eigenvalue weighted by Gasteiger charge is 2.23. The van der Waals surface area contributed by atoms with Crippen molar-refractivity contribution in [1.29, 1.82) is 0 Å². The Hall–Kier alpha value is -2.56. The van der Waals surface area contributed by atoms with E-state index in [9.17, 15) is 9.18 Å². The number of anilines is 1. The maximum Gasteiger partial charge on any atom is 0.335 e. The molecule has 0 radical (unpaired) electrons. The SMILES string of the molecule is CC1CN(Cc2cccc(C(=O)O)c2)c2cc(F)ccc2O1. The fourth-order valence-electron chi connectivity index (χ4n) is 2.67. The van der Waals surface area contributed by atoms with Gasteiger partial charge in [-0.25, -0.2) is 9.18 Å². The Morgan fingerprint density at radius 3 is 2.95 bits per heavy atom. The number of carboxylic acids is 1. The molecule has 0 fully saturated rings. The second-order valence-electron chi connectivity index (χ2n) is 5.43. The fourth-order valence-corrected chi connectivity index (χ4v) is 2.67. The molecule has 114 valence electrons. The Labute approximate surface area is 127 Å². The van der Waals surface area contributed by atoms with Crippen LogP contribution in [0.2, 0.25) is 0 Å². The number of carboxylic acid groups (broad SMARTS) is 1. The Balaban J connectivity index is 1.91. The Morgan fingerprint density at radius 2 is 2.18 bits per heavy atom. The molecule has 4 nitrogen and oxygen atoms in total. The number of hydrogen-bond acceptors (Lipinski definition) is 3. The summed E-state index contributed by atoms with van der Waals surface area (Å²) in [5.41, 5.74) is 1.81. The maximum absolute atomic E-state index is 13.5. The molecule has 2 aromatic rings. The van der Waals surface area contributed by atoms with Crippen LogP contribution in [-0.4, -0.2) is 23.7 Å². The normalized spacial score (nSPS) is 16.8. The number of ether oxygens (including phenoxy) is 1. The van der Waals surface area contributed by atoms with E-state index >= 15 is 0 Å². The number of halogens is 1. The van der Waals surface area contributed by atoms with Crippen LogP contribution in [0.1, 0.15) is 22.8 Å². The second-order valence-corrected chi connectivity index (χ2v) is 5.43. The van der Waals surface area contributed by atoms with Crippen molar-refractivity contribution >= 4 is 11.7 Å². The summed E-state index contributed by atoms with van der Waals surface area (Å²) in [6.45, 7) is 3.08. The van der Waals surface area contributed by atoms with Crippen LogP contribution in [0.5, 0.6) is 5.75 Å². The van der Waals surface area contributed by atoms with Crippen LogP contribution in [0.3, 0.4) is 0 Å². The van der Waals surface area contributed by atoms with E-state index in [1.165, 1.54) is 12.1 Å². The molecule has 1 N–H and O–H groups in total. The lowest BCUT2D eigenvalue weighted by Crippen LogP contribution is -2.38. The molecule has 0 saturated carbocycles. The van der Waals surface area contributed by atoms with Crippen LogP contribution >= 0.6 is 0 Å². The molecule has 0 amide bonds. The molecule has 0 spiro atoms. The highest BCUT2D eigenvalue weighted by molar-refractivity contribution is 5.87. The first-order chi connectivity index (χ1) is 10.5. The summed E-state index contributed by atoms with van der Waals surface area (Å²) in [6.07, 6.45) is -0.0133.